The van der Waals surface area contributed by atoms with Gasteiger partial charge in [0.1, 0.15) is 0 Å². The minimum atomic E-state index is -4.52. The molecule has 2 aromatic carbocycles. The largest absolute Gasteiger partial charge is 0.417 e. The zero-order chi connectivity index (χ0) is 24.8. The molecule has 0 unspecified atom stereocenters. The number of carbonyl (C=O) groups is 1. The smallest absolute Gasteiger partial charge is 0.272 e. The molecule has 4 rings (SSSR count). The van der Waals surface area contributed by atoms with Crippen LogP contribution in [0.15, 0.2) is 83.3 Å². The predicted molar refractivity (Wildman–Crippen MR) is 127 cm³/mol. The van der Waals surface area contributed by atoms with Gasteiger partial charge in [-0.3, -0.25) is 14.3 Å². The van der Waals surface area contributed by atoms with E-state index in [9.17, 15) is 18.0 Å². The summed E-state index contributed by atoms with van der Waals surface area (Å²) in [4.78, 5) is 16.4. The van der Waals surface area contributed by atoms with Crippen LogP contribution in [-0.2, 0) is 11.0 Å². The van der Waals surface area contributed by atoms with Crippen molar-refractivity contribution in [2.75, 3.05) is 5.75 Å². The summed E-state index contributed by atoms with van der Waals surface area (Å²) in [5.74, 6) is 0.0131. The Hall–Kier alpha value is -3.99. The summed E-state index contributed by atoms with van der Waals surface area (Å²) in [5, 5.41) is 12.7. The Kier molecular flexibility index (Phi) is 7.25. The molecule has 178 valence electrons. The first kappa shape index (κ1) is 24.1. The van der Waals surface area contributed by atoms with Crippen molar-refractivity contribution in [3.63, 3.8) is 0 Å². The van der Waals surface area contributed by atoms with Gasteiger partial charge < -0.3 is 0 Å². The van der Waals surface area contributed by atoms with Gasteiger partial charge in [-0.2, -0.15) is 18.3 Å². The number of nitrogens with zero attached hydrogens (tertiary/aromatic N) is 5. The summed E-state index contributed by atoms with van der Waals surface area (Å²) < 4.78 is 41.1. The fourth-order valence-corrected chi connectivity index (χ4v) is 3.93. The standard InChI is InChI=1S/C24H19F3N6OS/c1-16-6-8-19(9-7-16)33-22(17-10-12-28-13-11-17)31-32-23(33)35-15-21(34)30-29-14-18-4-2-3-5-20(18)24(25,26)27/h2-14H,15H2,1H3,(H,30,34). The molecule has 0 fully saturated rings. The number of aromatic nitrogens is 4. The summed E-state index contributed by atoms with van der Waals surface area (Å²) in [6.45, 7) is 1.98. The van der Waals surface area contributed by atoms with Crippen molar-refractivity contribution < 1.29 is 18.0 Å². The van der Waals surface area contributed by atoms with E-state index in [1.807, 2.05) is 47.9 Å². The Labute approximate surface area is 203 Å². The first-order valence-corrected chi connectivity index (χ1v) is 11.4. The number of amides is 1. The van der Waals surface area contributed by atoms with E-state index in [0.29, 0.717) is 11.0 Å². The minimum absolute atomic E-state index is 0.0708. The van der Waals surface area contributed by atoms with Crippen LogP contribution in [0.3, 0.4) is 0 Å². The van der Waals surface area contributed by atoms with E-state index in [0.717, 1.165) is 40.9 Å². The maximum Gasteiger partial charge on any atom is 0.417 e. The van der Waals surface area contributed by atoms with Crippen molar-refractivity contribution in [1.82, 2.24) is 25.2 Å². The van der Waals surface area contributed by atoms with Gasteiger partial charge in [-0.15, -0.1) is 10.2 Å². The SMILES string of the molecule is Cc1ccc(-n2c(SCC(=O)NN=Cc3ccccc3C(F)(F)F)nnc2-c2ccncc2)cc1. The van der Waals surface area contributed by atoms with Gasteiger partial charge in [-0.1, -0.05) is 47.7 Å². The lowest BCUT2D eigenvalue weighted by molar-refractivity contribution is -0.137. The molecular formula is C24H19F3N6OS. The number of thioether (sulfide) groups is 1. The number of rotatable bonds is 7. The van der Waals surface area contributed by atoms with Gasteiger partial charge in [0.15, 0.2) is 11.0 Å². The molecule has 1 N–H and O–H groups in total. The summed E-state index contributed by atoms with van der Waals surface area (Å²) in [5.41, 5.74) is 3.99. The molecule has 7 nitrogen and oxygen atoms in total. The van der Waals surface area contributed by atoms with Crippen LogP contribution in [0.4, 0.5) is 13.2 Å². The number of hydrazone groups is 1. The van der Waals surface area contributed by atoms with Crippen LogP contribution in [0.2, 0.25) is 0 Å². The number of halogens is 3. The van der Waals surface area contributed by atoms with Gasteiger partial charge in [-0.25, -0.2) is 5.43 Å². The monoisotopic (exact) mass is 496 g/mol. The van der Waals surface area contributed by atoms with Crippen molar-refractivity contribution >= 4 is 23.9 Å². The fraction of sp³-hybridized carbons (Fsp3) is 0.125. The molecule has 2 heterocycles. The van der Waals surface area contributed by atoms with Gasteiger partial charge >= 0.3 is 6.18 Å². The molecule has 0 atom stereocenters. The average Bonchev–Trinajstić information content (AvgIpc) is 3.27. The minimum Gasteiger partial charge on any atom is -0.272 e. The van der Waals surface area contributed by atoms with Crippen molar-refractivity contribution in [1.29, 1.82) is 0 Å². The average molecular weight is 497 g/mol. The fourth-order valence-electron chi connectivity index (χ4n) is 3.18. The van der Waals surface area contributed by atoms with Crippen molar-refractivity contribution in [3.05, 3.63) is 89.7 Å². The zero-order valence-electron chi connectivity index (χ0n) is 18.4. The van der Waals surface area contributed by atoms with E-state index in [2.05, 4.69) is 25.7 Å². The molecule has 0 aliphatic carbocycles. The van der Waals surface area contributed by atoms with Crippen LogP contribution in [0.1, 0.15) is 16.7 Å². The lowest BCUT2D eigenvalue weighted by atomic mass is 10.1. The summed E-state index contributed by atoms with van der Waals surface area (Å²) in [7, 11) is 0. The quantitative estimate of drug-likeness (QED) is 0.224. The topological polar surface area (TPSA) is 85.1 Å². The van der Waals surface area contributed by atoms with Gasteiger partial charge in [0.05, 0.1) is 17.5 Å². The first-order chi connectivity index (χ1) is 16.8. The first-order valence-electron chi connectivity index (χ1n) is 10.4. The summed E-state index contributed by atoms with van der Waals surface area (Å²) in [6, 6.07) is 16.4. The Morgan fingerprint density at radius 3 is 2.49 bits per heavy atom. The zero-order valence-corrected chi connectivity index (χ0v) is 19.2. The number of nitrogens with one attached hydrogen (secondary N) is 1. The van der Waals surface area contributed by atoms with E-state index in [-0.39, 0.29) is 11.3 Å². The molecule has 0 radical (unpaired) electrons. The van der Waals surface area contributed by atoms with Crippen LogP contribution < -0.4 is 5.43 Å². The van der Waals surface area contributed by atoms with E-state index in [1.54, 1.807) is 12.4 Å². The van der Waals surface area contributed by atoms with Crippen LogP contribution in [0.25, 0.3) is 17.1 Å². The molecule has 2 aromatic heterocycles. The van der Waals surface area contributed by atoms with E-state index < -0.39 is 17.6 Å². The Bertz CT molecular complexity index is 1340. The molecule has 1 amide bonds. The van der Waals surface area contributed by atoms with Gasteiger partial charge in [-0.05, 0) is 37.3 Å². The second-order valence-electron chi connectivity index (χ2n) is 7.38. The number of hydrogen-bond donors (Lipinski definition) is 1. The van der Waals surface area contributed by atoms with Gasteiger partial charge in [0.2, 0.25) is 0 Å². The third-order valence-electron chi connectivity index (χ3n) is 4.86. The van der Waals surface area contributed by atoms with E-state index >= 15 is 0 Å². The third kappa shape index (κ3) is 5.93. The molecule has 4 aromatic rings. The van der Waals surface area contributed by atoms with Crippen LogP contribution in [0.5, 0.6) is 0 Å². The molecule has 35 heavy (non-hydrogen) atoms. The molecule has 0 spiro atoms. The van der Waals surface area contributed by atoms with E-state index in [1.165, 1.54) is 18.2 Å². The molecule has 0 bridgehead atoms. The number of aryl methyl sites for hydroxylation is 1. The van der Waals surface area contributed by atoms with Gasteiger partial charge in [0.25, 0.3) is 5.91 Å². The number of benzene rings is 2. The lowest BCUT2D eigenvalue weighted by Crippen LogP contribution is -2.20. The third-order valence-corrected chi connectivity index (χ3v) is 5.78. The predicted octanol–water partition coefficient (Wildman–Crippen LogP) is 4.90. The Balaban J connectivity index is 1.49. The molecule has 0 aliphatic heterocycles. The Morgan fingerprint density at radius 2 is 1.77 bits per heavy atom. The lowest BCUT2D eigenvalue weighted by Gasteiger charge is -2.10. The molecule has 11 heteroatoms. The highest BCUT2D eigenvalue weighted by molar-refractivity contribution is 7.99. The highest BCUT2D eigenvalue weighted by Crippen LogP contribution is 2.31. The van der Waals surface area contributed by atoms with Crippen molar-refractivity contribution in [2.45, 2.75) is 18.3 Å². The molecule has 0 aliphatic rings. The highest BCUT2D eigenvalue weighted by Gasteiger charge is 2.32. The van der Waals surface area contributed by atoms with Crippen LogP contribution in [-0.4, -0.2) is 37.6 Å². The highest BCUT2D eigenvalue weighted by atomic mass is 32.2. The van der Waals surface area contributed by atoms with Crippen molar-refractivity contribution in [3.8, 4) is 17.1 Å². The number of hydrogen-bond acceptors (Lipinski definition) is 6. The second kappa shape index (κ2) is 10.5. The summed E-state index contributed by atoms with van der Waals surface area (Å²) in [6.07, 6.45) is -0.242. The second-order valence-corrected chi connectivity index (χ2v) is 8.32. The maximum absolute atomic E-state index is 13.1. The van der Waals surface area contributed by atoms with E-state index in [4.69, 9.17) is 0 Å². The molecule has 0 saturated carbocycles. The van der Waals surface area contributed by atoms with Gasteiger partial charge in [0, 0.05) is 29.2 Å². The summed E-state index contributed by atoms with van der Waals surface area (Å²) >= 11 is 1.13. The van der Waals surface area contributed by atoms with Crippen molar-refractivity contribution in [2.24, 2.45) is 5.10 Å². The number of alkyl halides is 3. The maximum atomic E-state index is 13.1. The Morgan fingerprint density at radius 1 is 1.06 bits per heavy atom. The van der Waals surface area contributed by atoms with Crippen LogP contribution >= 0.6 is 11.8 Å². The molecule has 0 saturated heterocycles. The number of carbonyl (C=O) groups excluding carboxylic acids is 1. The normalized spacial score (nSPS) is 11.7. The number of pyridine rings is 1. The molecular weight excluding hydrogens is 477 g/mol. The van der Waals surface area contributed by atoms with Crippen LogP contribution in [0, 0.1) is 6.92 Å².